The van der Waals surface area contributed by atoms with E-state index in [0.29, 0.717) is 17.1 Å². The smallest absolute Gasteiger partial charge is 0.451 e. The lowest BCUT2D eigenvalue weighted by molar-refractivity contribution is -0.0443. The van der Waals surface area contributed by atoms with Gasteiger partial charge in [-0.3, -0.25) is 9.59 Å². The molecule has 172 valence electrons. The zero-order chi connectivity index (χ0) is 24.2. The third kappa shape index (κ3) is 4.71. The Labute approximate surface area is 188 Å². The van der Waals surface area contributed by atoms with Crippen molar-refractivity contribution in [3.05, 3.63) is 89.5 Å². The van der Waals surface area contributed by atoms with Crippen LogP contribution in [0.15, 0.2) is 72.8 Å². The van der Waals surface area contributed by atoms with E-state index in [1.54, 1.807) is 18.2 Å². The molecule has 5 nitrogen and oxygen atoms in total. The second-order valence-electron chi connectivity index (χ2n) is 7.05. The van der Waals surface area contributed by atoms with Crippen molar-refractivity contribution < 1.29 is 36.8 Å². The van der Waals surface area contributed by atoms with E-state index < -0.39 is 23.9 Å². The van der Waals surface area contributed by atoms with Crippen molar-refractivity contribution in [1.29, 1.82) is 0 Å². The first-order valence-electron chi connectivity index (χ1n) is 9.74. The van der Waals surface area contributed by atoms with Gasteiger partial charge in [0.15, 0.2) is 5.78 Å². The number of ketones is 1. The first kappa shape index (κ1) is 24.3. The molecular weight excluding hydrogens is 456 g/mol. The summed E-state index contributed by atoms with van der Waals surface area (Å²) in [7, 11) is -2.67. The largest absolute Gasteiger partial charge is 0.496 e. The van der Waals surface area contributed by atoms with E-state index in [-0.39, 0.29) is 23.3 Å². The van der Waals surface area contributed by atoms with E-state index in [2.05, 4.69) is 0 Å². The Kier molecular flexibility index (Phi) is 7.08. The number of Topliss-reactive ketones (excluding diaryl/α,β-unsaturated/α-hetero) is 1. The van der Waals surface area contributed by atoms with Crippen LogP contribution in [0.3, 0.4) is 0 Å². The van der Waals surface area contributed by atoms with Gasteiger partial charge in [-0.15, -0.1) is 0 Å². The second-order valence-corrected chi connectivity index (χ2v) is 9.70. The van der Waals surface area contributed by atoms with Crippen molar-refractivity contribution in [3.8, 4) is 11.5 Å². The summed E-state index contributed by atoms with van der Waals surface area (Å²) in [5.74, 6) is -5.05. The molecule has 0 N–H and O–H groups in total. The van der Waals surface area contributed by atoms with Crippen LogP contribution >= 0.6 is 7.14 Å². The third-order valence-electron chi connectivity index (χ3n) is 5.04. The quantitative estimate of drug-likeness (QED) is 0.318. The molecular formula is C24H20F3O5P. The van der Waals surface area contributed by atoms with Gasteiger partial charge in [-0.1, -0.05) is 60.7 Å². The molecule has 0 spiro atoms. The number of hydrogen-bond donors (Lipinski definition) is 0. The molecule has 1 atom stereocenters. The van der Waals surface area contributed by atoms with Crippen LogP contribution in [0.1, 0.15) is 26.3 Å². The maximum atomic E-state index is 13.9. The average Bonchev–Trinajstić information content (AvgIpc) is 2.82. The molecule has 0 saturated heterocycles. The van der Waals surface area contributed by atoms with Gasteiger partial charge in [-0.25, -0.2) is 0 Å². The summed E-state index contributed by atoms with van der Waals surface area (Å²) in [6, 6.07) is 16.0. The standard InChI is InChI=1S/C24H20F3O5P/c1-31-20-9-6-10-21(32-2)22(20)19(28)15-16-11-13-18(14-12-16)33(30,24(25,26)27)23(29)17-7-4-3-5-8-17/h3-14H,15H2,1-2H3. The number of carbonyl (C=O) groups excluding carboxylic acids is 2. The summed E-state index contributed by atoms with van der Waals surface area (Å²) in [4.78, 5) is 25.5. The highest BCUT2D eigenvalue weighted by molar-refractivity contribution is 7.88. The third-order valence-corrected chi connectivity index (χ3v) is 7.60. The number of methoxy groups -OCH3 is 2. The summed E-state index contributed by atoms with van der Waals surface area (Å²) in [5.41, 5.74) is -1.21. The number of rotatable bonds is 8. The van der Waals surface area contributed by atoms with Crippen LogP contribution < -0.4 is 14.8 Å². The van der Waals surface area contributed by atoms with Gasteiger partial charge in [0.1, 0.15) is 17.1 Å². The summed E-state index contributed by atoms with van der Waals surface area (Å²) >= 11 is 0. The molecule has 3 aromatic rings. The minimum atomic E-state index is -5.47. The van der Waals surface area contributed by atoms with Gasteiger partial charge < -0.3 is 14.0 Å². The predicted molar refractivity (Wildman–Crippen MR) is 118 cm³/mol. The van der Waals surface area contributed by atoms with Crippen LogP contribution in [0, 0.1) is 0 Å². The fraction of sp³-hybridized carbons (Fsp3) is 0.167. The SMILES string of the molecule is COc1cccc(OC)c1C(=O)Cc1ccc(P(=O)(C(=O)c2ccccc2)C(F)(F)F)cc1. The highest BCUT2D eigenvalue weighted by atomic mass is 31.2. The molecule has 0 fully saturated rings. The average molecular weight is 476 g/mol. The van der Waals surface area contributed by atoms with Crippen molar-refractivity contribution >= 4 is 23.8 Å². The molecule has 0 aliphatic rings. The normalized spacial score (nSPS) is 13.1. The first-order valence-corrected chi connectivity index (χ1v) is 11.4. The second kappa shape index (κ2) is 9.63. The number of alkyl halides is 3. The fourth-order valence-corrected chi connectivity index (χ4v) is 5.20. The van der Waals surface area contributed by atoms with Gasteiger partial charge in [-0.2, -0.15) is 13.2 Å². The predicted octanol–water partition coefficient (Wildman–Crippen LogP) is 5.48. The van der Waals surface area contributed by atoms with E-state index in [1.165, 1.54) is 56.7 Å². The monoisotopic (exact) mass is 476 g/mol. The molecule has 3 rings (SSSR count). The number of halogens is 3. The molecule has 1 unspecified atom stereocenters. The summed E-state index contributed by atoms with van der Waals surface area (Å²) in [6.07, 6.45) is -0.167. The van der Waals surface area contributed by atoms with E-state index in [0.717, 1.165) is 12.1 Å². The van der Waals surface area contributed by atoms with E-state index in [9.17, 15) is 27.3 Å². The molecule has 0 bridgehead atoms. The molecule has 0 aliphatic carbocycles. The molecule has 0 saturated carbocycles. The summed E-state index contributed by atoms with van der Waals surface area (Å²) in [6.45, 7) is 0. The topological polar surface area (TPSA) is 69.7 Å². The number of benzene rings is 3. The van der Waals surface area contributed by atoms with Crippen LogP contribution in [0.25, 0.3) is 0 Å². The van der Waals surface area contributed by atoms with E-state index in [4.69, 9.17) is 9.47 Å². The van der Waals surface area contributed by atoms with Gasteiger partial charge in [-0.05, 0) is 17.7 Å². The van der Waals surface area contributed by atoms with Crippen molar-refractivity contribution in [2.24, 2.45) is 0 Å². The first-order chi connectivity index (χ1) is 15.6. The lowest BCUT2D eigenvalue weighted by atomic mass is 10.0. The van der Waals surface area contributed by atoms with Crippen LogP contribution in [-0.4, -0.2) is 31.4 Å². The Morgan fingerprint density at radius 2 is 1.36 bits per heavy atom. The molecule has 0 aromatic heterocycles. The maximum Gasteiger partial charge on any atom is 0.451 e. The lowest BCUT2D eigenvalue weighted by Crippen LogP contribution is -2.25. The van der Waals surface area contributed by atoms with Crippen molar-refractivity contribution in [1.82, 2.24) is 0 Å². The molecule has 0 aliphatic heterocycles. The Morgan fingerprint density at radius 1 is 0.818 bits per heavy atom. The van der Waals surface area contributed by atoms with Gasteiger partial charge >= 0.3 is 5.92 Å². The van der Waals surface area contributed by atoms with Crippen LogP contribution in [-0.2, 0) is 11.0 Å². The Balaban J connectivity index is 1.94. The molecule has 33 heavy (non-hydrogen) atoms. The molecule has 9 heteroatoms. The van der Waals surface area contributed by atoms with E-state index >= 15 is 0 Å². The number of hydrogen-bond acceptors (Lipinski definition) is 5. The molecule has 0 heterocycles. The summed E-state index contributed by atoms with van der Waals surface area (Å²) in [5, 5.41) is -0.644. The Morgan fingerprint density at radius 3 is 1.85 bits per heavy atom. The molecule has 0 radical (unpaired) electrons. The van der Waals surface area contributed by atoms with Crippen molar-refractivity contribution in [2.45, 2.75) is 12.3 Å². The lowest BCUT2D eigenvalue weighted by Gasteiger charge is -2.20. The zero-order valence-corrected chi connectivity index (χ0v) is 18.7. The Hall–Kier alpha value is -3.38. The van der Waals surface area contributed by atoms with Crippen molar-refractivity contribution in [3.63, 3.8) is 0 Å². The highest BCUT2D eigenvalue weighted by Crippen LogP contribution is 2.61. The summed E-state index contributed by atoms with van der Waals surface area (Å²) < 4.78 is 65.1. The van der Waals surface area contributed by atoms with E-state index in [1.807, 2.05) is 0 Å². The zero-order valence-electron chi connectivity index (χ0n) is 17.8. The van der Waals surface area contributed by atoms with Crippen molar-refractivity contribution in [2.75, 3.05) is 14.2 Å². The van der Waals surface area contributed by atoms with Gasteiger partial charge in [0.05, 0.1) is 14.2 Å². The van der Waals surface area contributed by atoms with Gasteiger partial charge in [0.2, 0.25) is 5.52 Å². The number of carbonyl (C=O) groups is 2. The van der Waals surface area contributed by atoms with Crippen LogP contribution in [0.2, 0.25) is 0 Å². The minimum absolute atomic E-state index is 0.167. The number of ether oxygens (including phenoxy) is 2. The van der Waals surface area contributed by atoms with Crippen LogP contribution in [0.5, 0.6) is 11.5 Å². The van der Waals surface area contributed by atoms with Crippen LogP contribution in [0.4, 0.5) is 13.2 Å². The fourth-order valence-electron chi connectivity index (χ4n) is 3.36. The Bertz CT molecular complexity index is 1180. The molecule has 0 amide bonds. The van der Waals surface area contributed by atoms with Gasteiger partial charge in [0, 0.05) is 17.3 Å². The van der Waals surface area contributed by atoms with Gasteiger partial charge in [0.25, 0.3) is 7.14 Å². The highest BCUT2D eigenvalue weighted by Gasteiger charge is 2.57. The minimum Gasteiger partial charge on any atom is -0.496 e. The molecule has 3 aromatic carbocycles. The maximum absolute atomic E-state index is 13.9.